The topological polar surface area (TPSA) is 67.5 Å². The molecule has 0 aliphatic carbocycles. The number of rotatable bonds is 5. The first-order valence-electron chi connectivity index (χ1n) is 5.22. The Balaban J connectivity index is 2.82. The predicted molar refractivity (Wildman–Crippen MR) is 62.2 cm³/mol. The molecule has 0 bridgehead atoms. The second-order valence-electron chi connectivity index (χ2n) is 3.79. The van der Waals surface area contributed by atoms with Crippen LogP contribution >= 0.6 is 0 Å². The highest BCUT2D eigenvalue weighted by atomic mass is 19.4. The largest absolute Gasteiger partial charge is 0.418 e. The lowest BCUT2D eigenvalue weighted by Gasteiger charge is -2.17. The van der Waals surface area contributed by atoms with Crippen LogP contribution in [0.2, 0.25) is 0 Å². The molecule has 0 aliphatic rings. The summed E-state index contributed by atoms with van der Waals surface area (Å²) < 4.78 is 42.8. The average molecular weight is 264 g/mol. The molecule has 0 spiro atoms. The smallest absolute Gasteiger partial charge is 0.399 e. The van der Waals surface area contributed by atoms with Gasteiger partial charge in [0.05, 0.1) is 18.3 Å². The van der Waals surface area contributed by atoms with Crippen LogP contribution in [0.4, 0.5) is 24.5 Å². The average Bonchev–Trinajstić information content (AvgIpc) is 2.26. The maximum Gasteiger partial charge on any atom is 0.418 e. The minimum atomic E-state index is -4.50. The second-order valence-corrected chi connectivity index (χ2v) is 3.79. The van der Waals surface area contributed by atoms with Gasteiger partial charge in [-0.2, -0.15) is 13.2 Å². The minimum Gasteiger partial charge on any atom is -0.399 e. The molecule has 1 aromatic rings. The monoisotopic (exact) mass is 264 g/mol. The molecule has 1 rings (SSSR count). The van der Waals surface area contributed by atoms with Crippen LogP contribution in [0.1, 0.15) is 5.56 Å². The van der Waals surface area contributed by atoms with Crippen molar-refractivity contribution in [2.24, 2.45) is 0 Å². The molecule has 0 aliphatic heterocycles. The van der Waals surface area contributed by atoms with Gasteiger partial charge >= 0.3 is 6.18 Å². The minimum absolute atomic E-state index is 0.0327. The summed E-state index contributed by atoms with van der Waals surface area (Å²) in [5, 5.41) is 11.9. The summed E-state index contributed by atoms with van der Waals surface area (Å²) in [4.78, 5) is 0. The van der Waals surface area contributed by atoms with Crippen molar-refractivity contribution in [1.82, 2.24) is 0 Å². The quantitative estimate of drug-likeness (QED) is 0.708. The Bertz CT molecular complexity index is 396. The van der Waals surface area contributed by atoms with Crippen LogP contribution in [0, 0.1) is 0 Å². The van der Waals surface area contributed by atoms with Gasteiger partial charge in [-0.25, -0.2) is 0 Å². The summed E-state index contributed by atoms with van der Waals surface area (Å²) in [6.45, 7) is 0.00413. The van der Waals surface area contributed by atoms with Crippen LogP contribution in [0.15, 0.2) is 18.2 Å². The third-order valence-electron chi connectivity index (χ3n) is 2.24. The van der Waals surface area contributed by atoms with E-state index in [-0.39, 0.29) is 24.5 Å². The molecule has 0 saturated heterocycles. The summed E-state index contributed by atoms with van der Waals surface area (Å²) in [5.74, 6) is 0. The third-order valence-corrected chi connectivity index (χ3v) is 2.24. The number of hydrogen-bond acceptors (Lipinski definition) is 4. The number of halogens is 3. The van der Waals surface area contributed by atoms with E-state index in [1.54, 1.807) is 0 Å². The Labute approximate surface area is 103 Å². The molecular formula is C11H15F3N2O2. The highest BCUT2D eigenvalue weighted by Crippen LogP contribution is 2.35. The highest BCUT2D eigenvalue weighted by Gasteiger charge is 2.33. The zero-order valence-electron chi connectivity index (χ0n) is 9.79. The number of alkyl halides is 3. The Morgan fingerprint density at radius 3 is 2.67 bits per heavy atom. The number of nitrogen functional groups attached to an aromatic ring is 1. The number of ether oxygens (including phenoxy) is 1. The van der Waals surface area contributed by atoms with Gasteiger partial charge in [0.25, 0.3) is 0 Å². The van der Waals surface area contributed by atoms with Gasteiger partial charge in [-0.15, -0.1) is 0 Å². The first kappa shape index (κ1) is 14.6. The fraction of sp³-hybridized carbons (Fsp3) is 0.455. The van der Waals surface area contributed by atoms with Gasteiger partial charge in [0.1, 0.15) is 0 Å². The van der Waals surface area contributed by atoms with E-state index in [1.807, 2.05) is 0 Å². The number of hydrogen-bond donors (Lipinski definition) is 3. The van der Waals surface area contributed by atoms with E-state index in [9.17, 15) is 18.3 Å². The Kier molecular flexibility index (Phi) is 4.80. The van der Waals surface area contributed by atoms with Crippen molar-refractivity contribution in [3.05, 3.63) is 23.8 Å². The summed E-state index contributed by atoms with van der Waals surface area (Å²) in [6.07, 6.45) is -5.38. The first-order valence-corrected chi connectivity index (χ1v) is 5.22. The van der Waals surface area contributed by atoms with Gasteiger partial charge in [-0.05, 0) is 18.2 Å². The van der Waals surface area contributed by atoms with Crippen molar-refractivity contribution in [2.45, 2.75) is 12.3 Å². The molecule has 0 heterocycles. The number of aliphatic hydroxyl groups is 1. The van der Waals surface area contributed by atoms with Gasteiger partial charge in [-0.1, -0.05) is 0 Å². The molecule has 0 saturated carbocycles. The molecule has 4 N–H and O–H groups in total. The number of nitrogens with two attached hydrogens (primary N) is 1. The van der Waals surface area contributed by atoms with Crippen LogP contribution in [0.3, 0.4) is 0 Å². The maximum absolute atomic E-state index is 12.7. The molecule has 0 aromatic heterocycles. The van der Waals surface area contributed by atoms with E-state index in [2.05, 4.69) is 10.1 Å². The summed E-state index contributed by atoms with van der Waals surface area (Å²) in [6, 6.07) is 3.45. The van der Waals surface area contributed by atoms with Crippen molar-refractivity contribution in [1.29, 1.82) is 0 Å². The molecular weight excluding hydrogens is 249 g/mol. The zero-order valence-corrected chi connectivity index (χ0v) is 9.79. The highest BCUT2D eigenvalue weighted by molar-refractivity contribution is 5.59. The lowest BCUT2D eigenvalue weighted by Crippen LogP contribution is -2.25. The molecule has 1 unspecified atom stereocenters. The van der Waals surface area contributed by atoms with Gasteiger partial charge in [-0.3, -0.25) is 0 Å². The fourth-order valence-corrected chi connectivity index (χ4v) is 1.43. The number of methoxy groups -OCH3 is 1. The lowest BCUT2D eigenvalue weighted by molar-refractivity contribution is -0.136. The predicted octanol–water partition coefficient (Wildman–Crippen LogP) is 1.71. The van der Waals surface area contributed by atoms with Crippen LogP contribution < -0.4 is 11.1 Å². The molecule has 0 fully saturated rings. The summed E-state index contributed by atoms with van der Waals surface area (Å²) >= 11 is 0. The molecule has 4 nitrogen and oxygen atoms in total. The van der Waals surface area contributed by atoms with Crippen LogP contribution in [0.25, 0.3) is 0 Å². The van der Waals surface area contributed by atoms with E-state index in [0.29, 0.717) is 0 Å². The van der Waals surface area contributed by atoms with Gasteiger partial charge in [0, 0.05) is 25.0 Å². The SMILES string of the molecule is COCC(O)CNc1ccc(N)cc1C(F)(F)F. The van der Waals surface area contributed by atoms with Gasteiger partial charge in [0.15, 0.2) is 0 Å². The number of benzene rings is 1. The molecule has 0 radical (unpaired) electrons. The van der Waals surface area contributed by atoms with Crippen molar-refractivity contribution in [3.63, 3.8) is 0 Å². The number of anilines is 2. The summed E-state index contributed by atoms with van der Waals surface area (Å²) in [7, 11) is 1.40. The van der Waals surface area contributed by atoms with Gasteiger partial charge in [0.2, 0.25) is 0 Å². The van der Waals surface area contributed by atoms with Crippen molar-refractivity contribution < 1.29 is 23.0 Å². The molecule has 18 heavy (non-hydrogen) atoms. The molecule has 102 valence electrons. The van der Waals surface area contributed by atoms with E-state index in [0.717, 1.165) is 6.07 Å². The maximum atomic E-state index is 12.7. The van der Waals surface area contributed by atoms with Crippen molar-refractivity contribution in [3.8, 4) is 0 Å². The summed E-state index contributed by atoms with van der Waals surface area (Å²) in [5.41, 5.74) is 4.39. The van der Waals surface area contributed by atoms with E-state index in [4.69, 9.17) is 5.73 Å². The normalized spacial score (nSPS) is 13.4. The lowest BCUT2D eigenvalue weighted by atomic mass is 10.1. The van der Waals surface area contributed by atoms with Gasteiger partial charge < -0.3 is 20.9 Å². The standard InChI is InChI=1S/C11H15F3N2O2/c1-18-6-8(17)5-16-10-3-2-7(15)4-9(10)11(12,13)14/h2-4,8,16-17H,5-6,15H2,1H3. The van der Waals surface area contributed by atoms with Crippen LogP contribution in [-0.2, 0) is 10.9 Å². The van der Waals surface area contributed by atoms with Crippen LogP contribution in [0.5, 0.6) is 0 Å². The zero-order chi connectivity index (χ0) is 13.8. The van der Waals surface area contributed by atoms with E-state index < -0.39 is 17.8 Å². The fourth-order valence-electron chi connectivity index (χ4n) is 1.43. The first-order chi connectivity index (χ1) is 8.34. The number of nitrogens with one attached hydrogen (secondary N) is 1. The van der Waals surface area contributed by atoms with Crippen molar-refractivity contribution in [2.75, 3.05) is 31.3 Å². The Hall–Kier alpha value is -1.47. The van der Waals surface area contributed by atoms with Crippen LogP contribution in [-0.4, -0.2) is 31.5 Å². The second kappa shape index (κ2) is 5.92. The van der Waals surface area contributed by atoms with E-state index >= 15 is 0 Å². The van der Waals surface area contributed by atoms with E-state index in [1.165, 1.54) is 19.2 Å². The Morgan fingerprint density at radius 1 is 1.44 bits per heavy atom. The molecule has 1 aromatic carbocycles. The van der Waals surface area contributed by atoms with Crippen molar-refractivity contribution >= 4 is 11.4 Å². The Morgan fingerprint density at radius 2 is 2.11 bits per heavy atom. The number of aliphatic hydroxyl groups excluding tert-OH is 1. The molecule has 7 heteroatoms. The third kappa shape index (κ3) is 4.08. The molecule has 0 amide bonds. The molecule has 1 atom stereocenters.